The van der Waals surface area contributed by atoms with Crippen LogP contribution in [0.1, 0.15) is 33.6 Å². The molecule has 10 heteroatoms. The Hall–Kier alpha value is -2.78. The predicted molar refractivity (Wildman–Crippen MR) is 107 cm³/mol. The average molecular weight is 419 g/mol. The molecule has 2 amide bonds. The normalized spacial score (nSPS) is 21.1. The summed E-state index contributed by atoms with van der Waals surface area (Å²) in [5.74, 6) is 0.571. The Balaban J connectivity index is 1.16. The number of nitrogens with zero attached hydrogens (tertiary/aromatic N) is 5. The fourth-order valence-corrected chi connectivity index (χ4v) is 4.25. The van der Waals surface area contributed by atoms with Crippen LogP contribution in [0.25, 0.3) is 0 Å². The molecule has 0 bridgehead atoms. The second-order valence-electron chi connectivity index (χ2n) is 9.47. The highest BCUT2D eigenvalue weighted by Crippen LogP contribution is 2.50. The summed E-state index contributed by atoms with van der Waals surface area (Å²) >= 11 is 0. The van der Waals surface area contributed by atoms with Gasteiger partial charge in [-0.3, -0.25) is 0 Å². The van der Waals surface area contributed by atoms with E-state index >= 15 is 0 Å². The van der Waals surface area contributed by atoms with E-state index in [-0.39, 0.29) is 29.5 Å². The van der Waals surface area contributed by atoms with Crippen LogP contribution >= 0.6 is 0 Å². The van der Waals surface area contributed by atoms with Crippen molar-refractivity contribution in [3.05, 3.63) is 12.4 Å². The fraction of sp³-hybridized carbons (Fsp3) is 0.700. The zero-order valence-electron chi connectivity index (χ0n) is 17.7. The Morgan fingerprint density at radius 1 is 1.03 bits per heavy atom. The van der Waals surface area contributed by atoms with Crippen LogP contribution in [0, 0.1) is 5.41 Å². The smallest absolute Gasteiger partial charge is 0.410 e. The minimum Gasteiger partial charge on any atom is -0.505 e. The SMILES string of the molecule is CC(C)(C)OC(=O)N1CC2(CC(OC(=O)N3CCN(c4ncc(O)cn4)CC3)C2)C1. The van der Waals surface area contributed by atoms with E-state index in [0.29, 0.717) is 45.2 Å². The highest BCUT2D eigenvalue weighted by atomic mass is 16.6. The van der Waals surface area contributed by atoms with Crippen molar-refractivity contribution in [2.45, 2.75) is 45.3 Å². The molecule has 3 heterocycles. The van der Waals surface area contributed by atoms with E-state index in [4.69, 9.17) is 9.47 Å². The van der Waals surface area contributed by atoms with Crippen LogP contribution in [-0.2, 0) is 9.47 Å². The highest BCUT2D eigenvalue weighted by Gasteiger charge is 2.56. The topological polar surface area (TPSA) is 108 Å². The van der Waals surface area contributed by atoms with E-state index < -0.39 is 5.60 Å². The first-order valence-electron chi connectivity index (χ1n) is 10.3. The number of anilines is 1. The van der Waals surface area contributed by atoms with Crippen molar-refractivity contribution >= 4 is 18.1 Å². The number of amides is 2. The van der Waals surface area contributed by atoms with Crippen LogP contribution in [0.15, 0.2) is 12.4 Å². The molecule has 0 unspecified atom stereocenters. The Morgan fingerprint density at radius 2 is 1.63 bits per heavy atom. The molecule has 1 aliphatic carbocycles. The Kier molecular flexibility index (Phi) is 5.11. The second kappa shape index (κ2) is 7.48. The van der Waals surface area contributed by atoms with Gasteiger partial charge in [-0.25, -0.2) is 19.6 Å². The molecule has 3 fully saturated rings. The lowest BCUT2D eigenvalue weighted by atomic mass is 9.62. The van der Waals surface area contributed by atoms with Crippen LogP contribution < -0.4 is 4.90 Å². The molecule has 0 atom stereocenters. The Labute approximate surface area is 175 Å². The van der Waals surface area contributed by atoms with Crippen LogP contribution in [0.2, 0.25) is 0 Å². The third kappa shape index (κ3) is 4.36. The Morgan fingerprint density at radius 3 is 2.20 bits per heavy atom. The maximum atomic E-state index is 12.5. The van der Waals surface area contributed by atoms with Crippen LogP contribution in [0.3, 0.4) is 0 Å². The van der Waals surface area contributed by atoms with Crippen molar-refractivity contribution in [2.75, 3.05) is 44.2 Å². The molecule has 4 rings (SSSR count). The largest absolute Gasteiger partial charge is 0.505 e. The van der Waals surface area contributed by atoms with Gasteiger partial charge in [-0.15, -0.1) is 0 Å². The predicted octanol–water partition coefficient (Wildman–Crippen LogP) is 1.84. The number of rotatable bonds is 2. The van der Waals surface area contributed by atoms with Crippen LogP contribution in [0.5, 0.6) is 5.75 Å². The van der Waals surface area contributed by atoms with Crippen molar-refractivity contribution in [1.29, 1.82) is 0 Å². The number of hydrogen-bond acceptors (Lipinski definition) is 8. The van der Waals surface area contributed by atoms with E-state index in [1.54, 1.807) is 9.80 Å². The summed E-state index contributed by atoms with van der Waals surface area (Å²) in [6, 6.07) is 0. The number of carbonyl (C=O) groups excluding carboxylic acids is 2. The summed E-state index contributed by atoms with van der Waals surface area (Å²) in [6.45, 7) is 9.20. The van der Waals surface area contributed by atoms with Crippen molar-refractivity contribution in [1.82, 2.24) is 19.8 Å². The molecule has 0 radical (unpaired) electrons. The van der Waals surface area contributed by atoms with Gasteiger partial charge < -0.3 is 29.3 Å². The number of aromatic hydroxyl groups is 1. The number of aromatic nitrogens is 2. The molecule has 1 aromatic rings. The summed E-state index contributed by atoms with van der Waals surface area (Å²) in [6.07, 6.45) is 3.66. The molecular formula is C20H29N5O5. The summed E-state index contributed by atoms with van der Waals surface area (Å²) in [4.78, 5) is 38.1. The van der Waals surface area contributed by atoms with Gasteiger partial charge in [-0.2, -0.15) is 0 Å². The van der Waals surface area contributed by atoms with E-state index in [9.17, 15) is 14.7 Å². The minimum absolute atomic E-state index is 0.0277. The van der Waals surface area contributed by atoms with Gasteiger partial charge >= 0.3 is 12.2 Å². The fourth-order valence-electron chi connectivity index (χ4n) is 4.25. The standard InChI is InChI=1S/C20H29N5O5/c1-19(2,3)30-18(28)25-12-20(13-25)8-15(9-20)29-17(27)24-6-4-23(5-7-24)16-21-10-14(26)11-22-16/h10-11,15,26H,4-9,12-13H2,1-3H3. The van der Waals surface area contributed by atoms with E-state index in [2.05, 4.69) is 9.97 Å². The molecule has 10 nitrogen and oxygen atoms in total. The number of ether oxygens (including phenoxy) is 2. The van der Waals surface area contributed by atoms with Gasteiger partial charge in [0.15, 0.2) is 5.75 Å². The summed E-state index contributed by atoms with van der Waals surface area (Å²) < 4.78 is 11.0. The summed E-state index contributed by atoms with van der Waals surface area (Å²) in [5.41, 5.74) is -0.410. The van der Waals surface area contributed by atoms with E-state index in [1.807, 2.05) is 25.7 Å². The molecule has 3 aliphatic rings. The quantitative estimate of drug-likeness (QED) is 0.774. The van der Waals surface area contributed by atoms with Gasteiger partial charge in [0, 0.05) is 44.7 Å². The van der Waals surface area contributed by atoms with Gasteiger partial charge in [0.2, 0.25) is 5.95 Å². The third-order valence-corrected chi connectivity index (χ3v) is 5.74. The maximum absolute atomic E-state index is 12.5. The van der Waals surface area contributed by atoms with Crippen molar-refractivity contribution in [2.24, 2.45) is 5.41 Å². The van der Waals surface area contributed by atoms with Crippen molar-refractivity contribution in [3.63, 3.8) is 0 Å². The van der Waals surface area contributed by atoms with Crippen LogP contribution in [0.4, 0.5) is 15.5 Å². The lowest BCUT2D eigenvalue weighted by molar-refractivity contribution is -0.130. The molecule has 2 saturated heterocycles. The van der Waals surface area contributed by atoms with Crippen molar-refractivity contribution < 1.29 is 24.2 Å². The number of hydrogen-bond donors (Lipinski definition) is 1. The van der Waals surface area contributed by atoms with Crippen LogP contribution in [-0.4, -0.2) is 88.0 Å². The van der Waals surface area contributed by atoms with Gasteiger partial charge in [0.1, 0.15) is 11.7 Å². The van der Waals surface area contributed by atoms with Gasteiger partial charge in [0.25, 0.3) is 0 Å². The molecular weight excluding hydrogens is 390 g/mol. The molecule has 164 valence electrons. The zero-order valence-corrected chi connectivity index (χ0v) is 17.7. The molecule has 1 spiro atoms. The maximum Gasteiger partial charge on any atom is 0.410 e. The molecule has 30 heavy (non-hydrogen) atoms. The molecule has 2 aliphatic heterocycles. The number of carbonyl (C=O) groups is 2. The Bertz CT molecular complexity index is 787. The lowest BCUT2D eigenvalue weighted by Crippen LogP contribution is -2.66. The van der Waals surface area contributed by atoms with Gasteiger partial charge in [-0.05, 0) is 33.6 Å². The number of piperazine rings is 1. The first kappa shape index (κ1) is 20.5. The zero-order chi connectivity index (χ0) is 21.5. The van der Waals surface area contributed by atoms with E-state index in [1.165, 1.54) is 12.4 Å². The van der Waals surface area contributed by atoms with Gasteiger partial charge in [0.05, 0.1) is 12.4 Å². The third-order valence-electron chi connectivity index (χ3n) is 5.74. The lowest BCUT2D eigenvalue weighted by Gasteiger charge is -2.57. The summed E-state index contributed by atoms with van der Waals surface area (Å²) in [7, 11) is 0. The molecule has 1 saturated carbocycles. The first-order chi connectivity index (χ1) is 14.1. The average Bonchev–Trinajstić information content (AvgIpc) is 2.61. The molecule has 1 N–H and O–H groups in total. The number of likely N-dealkylation sites (tertiary alicyclic amines) is 1. The molecule has 1 aromatic heterocycles. The summed E-state index contributed by atoms with van der Waals surface area (Å²) in [5, 5.41) is 9.29. The van der Waals surface area contributed by atoms with E-state index in [0.717, 1.165) is 12.8 Å². The monoisotopic (exact) mass is 419 g/mol. The molecule has 0 aromatic carbocycles. The van der Waals surface area contributed by atoms with Crippen molar-refractivity contribution in [3.8, 4) is 5.75 Å². The minimum atomic E-state index is -0.490. The first-order valence-corrected chi connectivity index (χ1v) is 10.3. The highest BCUT2D eigenvalue weighted by molar-refractivity contribution is 5.70. The second-order valence-corrected chi connectivity index (χ2v) is 9.47. The van der Waals surface area contributed by atoms with Gasteiger partial charge in [-0.1, -0.05) is 0 Å².